The highest BCUT2D eigenvalue weighted by Gasteiger charge is 2.34. The Morgan fingerprint density at radius 1 is 1.33 bits per heavy atom. The van der Waals surface area contributed by atoms with Crippen molar-refractivity contribution < 1.29 is 18.8 Å². The summed E-state index contributed by atoms with van der Waals surface area (Å²) in [5.41, 5.74) is 0. The number of nitrogens with zero attached hydrogens (tertiary/aromatic N) is 1. The average molecular weight is 377 g/mol. The number of hydrogen-bond donors (Lipinski definition) is 2. The molecular weight excluding hydrogens is 346 g/mol. The fourth-order valence-corrected chi connectivity index (χ4v) is 3.25. The van der Waals surface area contributed by atoms with Crippen LogP contribution in [0.4, 0.5) is 0 Å². The first-order valence-corrected chi connectivity index (χ1v) is 9.84. The van der Waals surface area contributed by atoms with E-state index in [-0.39, 0.29) is 29.4 Å². The predicted octanol–water partition coefficient (Wildman–Crippen LogP) is 2.19. The number of likely N-dealkylation sites (tertiary alicyclic amines) is 1. The molecule has 0 saturated carbocycles. The number of nitrogens with one attached hydrogen (secondary N) is 2. The van der Waals surface area contributed by atoms with Crippen LogP contribution in [0.1, 0.15) is 57.0 Å². The second-order valence-electron chi connectivity index (χ2n) is 7.44. The molecule has 1 saturated heterocycles. The lowest BCUT2D eigenvalue weighted by Gasteiger charge is -2.35. The third-order valence-corrected chi connectivity index (χ3v) is 4.90. The molecule has 0 spiro atoms. The molecule has 1 fully saturated rings. The molecule has 1 aromatic heterocycles. The van der Waals surface area contributed by atoms with E-state index in [1.807, 2.05) is 13.8 Å². The molecule has 2 N–H and O–H groups in total. The van der Waals surface area contributed by atoms with Gasteiger partial charge in [0.05, 0.1) is 12.2 Å². The van der Waals surface area contributed by atoms with Gasteiger partial charge in [0.1, 0.15) is 6.04 Å². The second-order valence-corrected chi connectivity index (χ2v) is 7.44. The molecule has 1 aliphatic rings. The lowest BCUT2D eigenvalue weighted by Crippen LogP contribution is -2.54. The summed E-state index contributed by atoms with van der Waals surface area (Å²) in [4.78, 5) is 39.4. The highest BCUT2D eigenvalue weighted by atomic mass is 16.3. The Kier molecular flexibility index (Phi) is 7.88. The lowest BCUT2D eigenvalue weighted by atomic mass is 9.95. The van der Waals surface area contributed by atoms with Crippen LogP contribution in [0.15, 0.2) is 22.8 Å². The third kappa shape index (κ3) is 5.84. The van der Waals surface area contributed by atoms with Crippen molar-refractivity contribution in [3.05, 3.63) is 24.2 Å². The molecule has 3 amide bonds. The van der Waals surface area contributed by atoms with Gasteiger partial charge >= 0.3 is 0 Å². The number of amides is 3. The van der Waals surface area contributed by atoms with Crippen molar-refractivity contribution in [2.45, 2.75) is 52.5 Å². The lowest BCUT2D eigenvalue weighted by molar-refractivity contribution is -0.138. The van der Waals surface area contributed by atoms with Crippen LogP contribution in [-0.4, -0.2) is 48.3 Å². The summed E-state index contributed by atoms with van der Waals surface area (Å²) < 4.78 is 5.11. The molecule has 2 rings (SSSR count). The van der Waals surface area contributed by atoms with Gasteiger partial charge in [-0.25, -0.2) is 0 Å². The minimum atomic E-state index is -0.649. The second kappa shape index (κ2) is 10.1. The predicted molar refractivity (Wildman–Crippen MR) is 102 cm³/mol. The summed E-state index contributed by atoms with van der Waals surface area (Å²) in [5, 5.41) is 5.73. The summed E-state index contributed by atoms with van der Waals surface area (Å²) in [6.45, 7) is 7.55. The van der Waals surface area contributed by atoms with E-state index in [0.717, 1.165) is 25.7 Å². The van der Waals surface area contributed by atoms with E-state index in [1.54, 1.807) is 17.0 Å². The Morgan fingerprint density at radius 3 is 2.74 bits per heavy atom. The molecule has 0 radical (unpaired) electrons. The van der Waals surface area contributed by atoms with E-state index in [9.17, 15) is 14.4 Å². The van der Waals surface area contributed by atoms with Crippen molar-refractivity contribution in [3.8, 4) is 0 Å². The summed E-state index contributed by atoms with van der Waals surface area (Å²) >= 11 is 0. The van der Waals surface area contributed by atoms with E-state index in [2.05, 4.69) is 17.6 Å². The average Bonchev–Trinajstić information content (AvgIpc) is 3.20. The van der Waals surface area contributed by atoms with Crippen LogP contribution in [0.5, 0.6) is 0 Å². The van der Waals surface area contributed by atoms with Crippen LogP contribution in [0.25, 0.3) is 0 Å². The minimum Gasteiger partial charge on any atom is -0.459 e. The van der Waals surface area contributed by atoms with Crippen LogP contribution in [0, 0.1) is 11.8 Å². The van der Waals surface area contributed by atoms with Crippen molar-refractivity contribution in [3.63, 3.8) is 0 Å². The van der Waals surface area contributed by atoms with E-state index < -0.39 is 11.9 Å². The number of furan rings is 1. The van der Waals surface area contributed by atoms with E-state index >= 15 is 0 Å². The number of piperidine rings is 1. The van der Waals surface area contributed by atoms with Crippen molar-refractivity contribution >= 4 is 17.7 Å². The molecule has 7 nitrogen and oxygen atoms in total. The monoisotopic (exact) mass is 377 g/mol. The van der Waals surface area contributed by atoms with Crippen LogP contribution >= 0.6 is 0 Å². The van der Waals surface area contributed by atoms with Crippen molar-refractivity contribution in [1.29, 1.82) is 0 Å². The Balaban J connectivity index is 1.97. The van der Waals surface area contributed by atoms with E-state index in [0.29, 0.717) is 19.6 Å². The van der Waals surface area contributed by atoms with Gasteiger partial charge < -0.3 is 20.0 Å². The normalized spacial score (nSPS) is 18.2. The topological polar surface area (TPSA) is 91.7 Å². The fourth-order valence-electron chi connectivity index (χ4n) is 3.25. The van der Waals surface area contributed by atoms with Gasteiger partial charge in [0.2, 0.25) is 11.8 Å². The zero-order valence-corrected chi connectivity index (χ0v) is 16.5. The summed E-state index contributed by atoms with van der Waals surface area (Å²) in [6, 6.07) is 2.55. The van der Waals surface area contributed by atoms with Gasteiger partial charge in [-0.3, -0.25) is 14.4 Å². The zero-order chi connectivity index (χ0) is 19.8. The molecule has 0 bridgehead atoms. The van der Waals surface area contributed by atoms with Gasteiger partial charge in [0, 0.05) is 19.6 Å². The number of rotatable bonds is 8. The Hall–Kier alpha value is -2.31. The molecule has 1 aromatic rings. The summed E-state index contributed by atoms with van der Waals surface area (Å²) in [7, 11) is 0. The van der Waals surface area contributed by atoms with E-state index in [1.165, 1.54) is 6.26 Å². The molecule has 2 unspecified atom stereocenters. The van der Waals surface area contributed by atoms with Gasteiger partial charge in [-0.2, -0.15) is 0 Å². The number of unbranched alkanes of at least 4 members (excludes halogenated alkanes) is 1. The largest absolute Gasteiger partial charge is 0.459 e. The molecule has 1 aliphatic heterocycles. The number of hydrogen-bond acceptors (Lipinski definition) is 4. The Labute approximate surface area is 160 Å². The van der Waals surface area contributed by atoms with Crippen LogP contribution in [0.3, 0.4) is 0 Å². The highest BCUT2D eigenvalue weighted by Crippen LogP contribution is 2.19. The first-order valence-electron chi connectivity index (χ1n) is 9.84. The highest BCUT2D eigenvalue weighted by molar-refractivity contribution is 5.95. The molecule has 150 valence electrons. The maximum absolute atomic E-state index is 13.0. The van der Waals surface area contributed by atoms with Crippen molar-refractivity contribution in [2.75, 3.05) is 19.6 Å². The van der Waals surface area contributed by atoms with Crippen LogP contribution in [0.2, 0.25) is 0 Å². The standard InChI is InChI=1S/C20H31N3O4/c1-4-5-10-21-18(24)15-8-6-11-23(13-15)20(26)17(14(2)3)22-19(25)16-9-7-12-27-16/h7,9,12,14-15,17H,4-6,8,10-11,13H2,1-3H3,(H,21,24)(H,22,25). The van der Waals surface area contributed by atoms with Gasteiger partial charge in [-0.1, -0.05) is 27.2 Å². The first kappa shape index (κ1) is 21.0. The van der Waals surface area contributed by atoms with E-state index in [4.69, 9.17) is 4.42 Å². The van der Waals surface area contributed by atoms with Crippen molar-refractivity contribution in [1.82, 2.24) is 15.5 Å². The molecule has 2 atom stereocenters. The number of carbonyl (C=O) groups is 3. The Morgan fingerprint density at radius 2 is 2.11 bits per heavy atom. The summed E-state index contributed by atoms with van der Waals surface area (Å²) in [6.07, 6.45) is 4.98. The maximum Gasteiger partial charge on any atom is 0.287 e. The quantitative estimate of drug-likeness (QED) is 0.679. The molecule has 27 heavy (non-hydrogen) atoms. The smallest absolute Gasteiger partial charge is 0.287 e. The third-order valence-electron chi connectivity index (χ3n) is 4.90. The van der Waals surface area contributed by atoms with Gasteiger partial charge in [-0.15, -0.1) is 0 Å². The summed E-state index contributed by atoms with van der Waals surface area (Å²) in [5.74, 6) is -0.612. The van der Waals surface area contributed by atoms with Gasteiger partial charge in [0.25, 0.3) is 5.91 Å². The maximum atomic E-state index is 13.0. The minimum absolute atomic E-state index is 0.0154. The molecule has 7 heteroatoms. The van der Waals surface area contributed by atoms with Gasteiger partial charge in [0.15, 0.2) is 5.76 Å². The first-order chi connectivity index (χ1) is 12.9. The SMILES string of the molecule is CCCCNC(=O)C1CCCN(C(=O)C(NC(=O)c2ccco2)C(C)C)C1. The van der Waals surface area contributed by atoms with Crippen LogP contribution in [-0.2, 0) is 9.59 Å². The molecule has 2 heterocycles. The molecule has 0 aliphatic carbocycles. The van der Waals surface area contributed by atoms with Gasteiger partial charge in [-0.05, 0) is 37.3 Å². The Bertz CT molecular complexity index is 627. The number of carbonyl (C=O) groups excluding carboxylic acids is 3. The van der Waals surface area contributed by atoms with Crippen LogP contribution < -0.4 is 10.6 Å². The zero-order valence-electron chi connectivity index (χ0n) is 16.5. The fraction of sp³-hybridized carbons (Fsp3) is 0.650. The van der Waals surface area contributed by atoms with Crippen molar-refractivity contribution in [2.24, 2.45) is 11.8 Å². The molecular formula is C20H31N3O4. The molecule has 0 aromatic carbocycles.